The van der Waals surface area contributed by atoms with Gasteiger partial charge in [0.1, 0.15) is 11.6 Å². The summed E-state index contributed by atoms with van der Waals surface area (Å²) in [5.41, 5.74) is 1.11. The first-order valence-corrected chi connectivity index (χ1v) is 7.49. The normalized spacial score (nSPS) is 15.6. The van der Waals surface area contributed by atoms with Gasteiger partial charge in [-0.3, -0.25) is 0 Å². The summed E-state index contributed by atoms with van der Waals surface area (Å²) in [6.07, 6.45) is 4.79. The summed E-state index contributed by atoms with van der Waals surface area (Å²) in [6, 6.07) is 2.11. The molecule has 1 aliphatic heterocycles. The van der Waals surface area contributed by atoms with Gasteiger partial charge in [0.15, 0.2) is 0 Å². The molecule has 0 radical (unpaired) electrons. The van der Waals surface area contributed by atoms with Gasteiger partial charge in [-0.1, -0.05) is 6.92 Å². The molecule has 0 atom stereocenters. The van der Waals surface area contributed by atoms with Crippen LogP contribution < -0.4 is 9.80 Å². The summed E-state index contributed by atoms with van der Waals surface area (Å²) in [4.78, 5) is 18.1. The van der Waals surface area contributed by atoms with Gasteiger partial charge in [-0.15, -0.1) is 0 Å². The number of imidazole rings is 1. The number of aromatic nitrogens is 4. The SMILES string of the molecule is CCc1cc(N2CCN(c3nccn3C)CC2)nc(C)n1. The Kier molecular flexibility index (Phi) is 3.77. The predicted molar refractivity (Wildman–Crippen MR) is 83.8 cm³/mol. The van der Waals surface area contributed by atoms with Crippen LogP contribution in [0.15, 0.2) is 18.5 Å². The fraction of sp³-hybridized carbons (Fsp3) is 0.533. The molecule has 0 unspecified atom stereocenters. The second-order valence-corrected chi connectivity index (χ2v) is 5.43. The Hall–Kier alpha value is -2.11. The molecular formula is C15H22N6. The van der Waals surface area contributed by atoms with Crippen molar-refractivity contribution >= 4 is 11.8 Å². The summed E-state index contributed by atoms with van der Waals surface area (Å²) in [7, 11) is 2.04. The first-order chi connectivity index (χ1) is 10.2. The van der Waals surface area contributed by atoms with Gasteiger partial charge >= 0.3 is 0 Å². The highest BCUT2D eigenvalue weighted by atomic mass is 15.4. The molecule has 3 heterocycles. The Balaban J connectivity index is 1.71. The Labute approximate surface area is 125 Å². The minimum Gasteiger partial charge on any atom is -0.353 e. The van der Waals surface area contributed by atoms with Crippen LogP contribution in [0.25, 0.3) is 0 Å². The Morgan fingerprint density at radius 3 is 2.43 bits per heavy atom. The maximum atomic E-state index is 4.59. The number of rotatable bonds is 3. The summed E-state index contributed by atoms with van der Waals surface area (Å²) in [6.45, 7) is 7.96. The van der Waals surface area contributed by atoms with Crippen LogP contribution in [0.4, 0.5) is 11.8 Å². The molecule has 1 aliphatic rings. The van der Waals surface area contributed by atoms with E-state index in [1.54, 1.807) is 0 Å². The van der Waals surface area contributed by atoms with Crippen molar-refractivity contribution in [3.63, 3.8) is 0 Å². The zero-order valence-corrected chi connectivity index (χ0v) is 13.0. The lowest BCUT2D eigenvalue weighted by atomic mass is 10.2. The van der Waals surface area contributed by atoms with Crippen LogP contribution in [-0.2, 0) is 13.5 Å². The molecule has 0 bridgehead atoms. The molecule has 1 saturated heterocycles. The first-order valence-electron chi connectivity index (χ1n) is 7.49. The summed E-state index contributed by atoms with van der Waals surface area (Å²) >= 11 is 0. The molecule has 0 aromatic carbocycles. The Morgan fingerprint density at radius 1 is 1.10 bits per heavy atom. The summed E-state index contributed by atoms with van der Waals surface area (Å²) in [5.74, 6) is 2.96. The van der Waals surface area contributed by atoms with Gasteiger partial charge in [-0.2, -0.15) is 0 Å². The second kappa shape index (κ2) is 5.71. The smallest absolute Gasteiger partial charge is 0.205 e. The molecule has 112 valence electrons. The van der Waals surface area contributed by atoms with Crippen molar-refractivity contribution in [3.8, 4) is 0 Å². The monoisotopic (exact) mass is 286 g/mol. The summed E-state index contributed by atoms with van der Waals surface area (Å²) < 4.78 is 2.07. The van der Waals surface area contributed by atoms with Crippen LogP contribution in [0.5, 0.6) is 0 Å². The quantitative estimate of drug-likeness (QED) is 0.854. The third-order valence-corrected chi connectivity index (χ3v) is 3.92. The molecule has 1 fully saturated rings. The third kappa shape index (κ3) is 2.84. The molecule has 0 spiro atoms. The van der Waals surface area contributed by atoms with Crippen molar-refractivity contribution in [2.24, 2.45) is 7.05 Å². The van der Waals surface area contributed by atoms with Crippen molar-refractivity contribution in [2.75, 3.05) is 36.0 Å². The lowest BCUT2D eigenvalue weighted by molar-refractivity contribution is 0.623. The third-order valence-electron chi connectivity index (χ3n) is 3.92. The number of hydrogen-bond acceptors (Lipinski definition) is 5. The molecule has 6 nitrogen and oxygen atoms in total. The fourth-order valence-corrected chi connectivity index (χ4v) is 2.75. The highest BCUT2D eigenvalue weighted by molar-refractivity contribution is 5.43. The average molecular weight is 286 g/mol. The zero-order valence-electron chi connectivity index (χ0n) is 13.0. The van der Waals surface area contributed by atoms with Crippen LogP contribution >= 0.6 is 0 Å². The lowest BCUT2D eigenvalue weighted by Gasteiger charge is -2.36. The zero-order chi connectivity index (χ0) is 14.8. The van der Waals surface area contributed by atoms with Crippen LogP contribution in [0.2, 0.25) is 0 Å². The van der Waals surface area contributed by atoms with E-state index in [4.69, 9.17) is 0 Å². The van der Waals surface area contributed by atoms with Gasteiger partial charge < -0.3 is 14.4 Å². The Bertz CT molecular complexity index is 612. The number of aryl methyl sites for hydroxylation is 3. The van der Waals surface area contributed by atoms with Gasteiger partial charge in [-0.25, -0.2) is 15.0 Å². The van der Waals surface area contributed by atoms with Crippen molar-refractivity contribution in [1.82, 2.24) is 19.5 Å². The first kappa shape index (κ1) is 13.9. The molecule has 3 rings (SSSR count). The molecule has 6 heteroatoms. The van der Waals surface area contributed by atoms with Crippen molar-refractivity contribution in [3.05, 3.63) is 30.0 Å². The van der Waals surface area contributed by atoms with E-state index >= 15 is 0 Å². The molecule has 21 heavy (non-hydrogen) atoms. The average Bonchev–Trinajstić information content (AvgIpc) is 2.93. The van der Waals surface area contributed by atoms with Gasteiger partial charge in [0.2, 0.25) is 5.95 Å². The molecule has 2 aromatic heterocycles. The molecule has 2 aromatic rings. The van der Waals surface area contributed by atoms with E-state index in [1.807, 2.05) is 26.4 Å². The summed E-state index contributed by atoms with van der Waals surface area (Å²) in [5, 5.41) is 0. The minimum atomic E-state index is 0.857. The van der Waals surface area contributed by atoms with E-state index in [0.29, 0.717) is 0 Å². The molecule has 0 amide bonds. The number of hydrogen-bond donors (Lipinski definition) is 0. The van der Waals surface area contributed by atoms with Crippen LogP contribution in [-0.4, -0.2) is 45.7 Å². The van der Waals surface area contributed by atoms with E-state index in [9.17, 15) is 0 Å². The molecule has 0 saturated carbocycles. The van der Waals surface area contributed by atoms with Gasteiger partial charge in [0, 0.05) is 57.4 Å². The van der Waals surface area contributed by atoms with E-state index in [0.717, 1.165) is 55.9 Å². The largest absolute Gasteiger partial charge is 0.353 e. The number of piperazine rings is 1. The van der Waals surface area contributed by atoms with Gasteiger partial charge in [-0.05, 0) is 13.3 Å². The maximum absolute atomic E-state index is 4.59. The van der Waals surface area contributed by atoms with Gasteiger partial charge in [0.25, 0.3) is 0 Å². The molecule has 0 aliphatic carbocycles. The van der Waals surface area contributed by atoms with E-state index in [1.165, 1.54) is 0 Å². The van der Waals surface area contributed by atoms with Crippen LogP contribution in [0, 0.1) is 6.92 Å². The van der Waals surface area contributed by atoms with E-state index < -0.39 is 0 Å². The fourth-order valence-electron chi connectivity index (χ4n) is 2.75. The molecular weight excluding hydrogens is 264 g/mol. The lowest BCUT2D eigenvalue weighted by Crippen LogP contribution is -2.47. The standard InChI is InChI=1S/C15H22N6/c1-4-13-11-14(18-12(2)17-13)20-7-9-21(10-8-20)15-16-5-6-19(15)3/h5-6,11H,4,7-10H2,1-3H3. The van der Waals surface area contributed by atoms with Crippen molar-refractivity contribution in [2.45, 2.75) is 20.3 Å². The van der Waals surface area contributed by atoms with E-state index in [2.05, 4.69) is 42.3 Å². The number of nitrogens with zero attached hydrogens (tertiary/aromatic N) is 6. The van der Waals surface area contributed by atoms with Crippen LogP contribution in [0.3, 0.4) is 0 Å². The highest BCUT2D eigenvalue weighted by Gasteiger charge is 2.21. The van der Waals surface area contributed by atoms with Gasteiger partial charge in [0.05, 0.1) is 0 Å². The maximum Gasteiger partial charge on any atom is 0.205 e. The second-order valence-electron chi connectivity index (χ2n) is 5.43. The Morgan fingerprint density at radius 2 is 1.81 bits per heavy atom. The highest BCUT2D eigenvalue weighted by Crippen LogP contribution is 2.18. The topological polar surface area (TPSA) is 50.1 Å². The van der Waals surface area contributed by atoms with Crippen LogP contribution in [0.1, 0.15) is 18.4 Å². The predicted octanol–water partition coefficient (Wildman–Crippen LogP) is 1.41. The van der Waals surface area contributed by atoms with Crippen molar-refractivity contribution < 1.29 is 0 Å². The minimum absolute atomic E-state index is 0.857. The number of anilines is 2. The van der Waals surface area contributed by atoms with E-state index in [-0.39, 0.29) is 0 Å². The van der Waals surface area contributed by atoms with Crippen molar-refractivity contribution in [1.29, 1.82) is 0 Å². The molecule has 0 N–H and O–H groups in total.